The van der Waals surface area contributed by atoms with Crippen molar-refractivity contribution in [2.24, 2.45) is 0 Å². The molecule has 0 spiro atoms. The zero-order valence-corrected chi connectivity index (χ0v) is 9.62. The number of benzene rings is 1. The van der Waals surface area contributed by atoms with Gasteiger partial charge in [-0.15, -0.1) is 0 Å². The van der Waals surface area contributed by atoms with Gasteiger partial charge in [-0.05, 0) is 37.0 Å². The Balaban J connectivity index is 2.25. The van der Waals surface area contributed by atoms with Gasteiger partial charge in [-0.2, -0.15) is 0 Å². The number of hydrogen-bond acceptors (Lipinski definition) is 2. The molecular formula is C10H14INO. The maximum atomic E-state index is 9.06. The first kappa shape index (κ1) is 10.8. The number of phenols is 1. The van der Waals surface area contributed by atoms with Gasteiger partial charge in [0.1, 0.15) is 5.75 Å². The fraction of sp³-hybridized carbons (Fsp3) is 0.400. The molecule has 0 unspecified atom stereocenters. The summed E-state index contributed by atoms with van der Waals surface area (Å²) >= 11 is 2.16. The smallest absolute Gasteiger partial charge is 0.115 e. The van der Waals surface area contributed by atoms with Crippen LogP contribution in [0.25, 0.3) is 0 Å². The molecular weight excluding hydrogens is 277 g/mol. The van der Waals surface area contributed by atoms with E-state index in [0.29, 0.717) is 5.75 Å². The number of halogens is 1. The van der Waals surface area contributed by atoms with Crippen molar-refractivity contribution >= 4 is 22.9 Å². The van der Waals surface area contributed by atoms with E-state index in [-0.39, 0.29) is 0 Å². The zero-order valence-electron chi connectivity index (χ0n) is 7.46. The molecule has 0 fully saturated rings. The fourth-order valence-electron chi connectivity index (χ4n) is 1.18. The number of rotatable bonds is 5. The average molecular weight is 291 g/mol. The summed E-state index contributed by atoms with van der Waals surface area (Å²) in [6, 6.07) is 7.44. The molecule has 0 saturated heterocycles. The molecule has 0 saturated carbocycles. The number of phenolic OH excluding ortho intramolecular Hbond substituents is 1. The maximum Gasteiger partial charge on any atom is 0.115 e. The van der Waals surface area contributed by atoms with Gasteiger partial charge < -0.3 is 5.11 Å². The van der Waals surface area contributed by atoms with E-state index in [0.717, 1.165) is 13.0 Å². The van der Waals surface area contributed by atoms with Gasteiger partial charge in [0.15, 0.2) is 0 Å². The zero-order chi connectivity index (χ0) is 9.52. The molecule has 72 valence electrons. The molecule has 0 amide bonds. The lowest BCUT2D eigenvalue weighted by molar-refractivity contribution is 0.475. The van der Waals surface area contributed by atoms with E-state index in [2.05, 4.69) is 26.4 Å². The van der Waals surface area contributed by atoms with Crippen molar-refractivity contribution in [1.29, 1.82) is 0 Å². The highest BCUT2D eigenvalue weighted by atomic mass is 127. The Bertz CT molecular complexity index is 235. The van der Waals surface area contributed by atoms with Gasteiger partial charge in [0.2, 0.25) is 0 Å². The van der Waals surface area contributed by atoms with Crippen molar-refractivity contribution < 1.29 is 5.11 Å². The minimum absolute atomic E-state index is 0.345. The summed E-state index contributed by atoms with van der Waals surface area (Å²) in [5.74, 6) is 0.345. The van der Waals surface area contributed by atoms with Crippen LogP contribution in [0.2, 0.25) is 0 Å². The Morgan fingerprint density at radius 1 is 1.15 bits per heavy atom. The van der Waals surface area contributed by atoms with Gasteiger partial charge in [0.25, 0.3) is 0 Å². The molecule has 1 aromatic carbocycles. The summed E-state index contributed by atoms with van der Waals surface area (Å²) < 4.78 is 3.09. The molecule has 1 rings (SSSR count). The van der Waals surface area contributed by atoms with Gasteiger partial charge in [0.05, 0.1) is 0 Å². The van der Waals surface area contributed by atoms with Crippen LogP contribution in [-0.4, -0.2) is 11.7 Å². The number of nitrogens with one attached hydrogen (secondary N) is 1. The van der Waals surface area contributed by atoms with Crippen LogP contribution in [-0.2, 0) is 6.42 Å². The van der Waals surface area contributed by atoms with Crippen molar-refractivity contribution in [3.63, 3.8) is 0 Å². The highest BCUT2D eigenvalue weighted by Gasteiger charge is 1.93. The molecule has 13 heavy (non-hydrogen) atoms. The lowest BCUT2D eigenvalue weighted by atomic mass is 10.1. The highest BCUT2D eigenvalue weighted by Crippen LogP contribution is 2.11. The van der Waals surface area contributed by atoms with Crippen LogP contribution in [0.1, 0.15) is 18.4 Å². The molecule has 0 aliphatic heterocycles. The largest absolute Gasteiger partial charge is 0.508 e. The van der Waals surface area contributed by atoms with Crippen molar-refractivity contribution in [3.8, 4) is 5.75 Å². The van der Waals surface area contributed by atoms with E-state index in [1.165, 1.54) is 18.4 Å². The van der Waals surface area contributed by atoms with Crippen molar-refractivity contribution in [2.75, 3.05) is 6.54 Å². The third kappa shape index (κ3) is 4.47. The Hall–Kier alpha value is -0.290. The Morgan fingerprint density at radius 3 is 2.46 bits per heavy atom. The molecule has 0 aliphatic rings. The Labute approximate surface area is 92.9 Å². The van der Waals surface area contributed by atoms with E-state index in [1.807, 2.05) is 12.1 Å². The third-order valence-electron chi connectivity index (χ3n) is 1.92. The van der Waals surface area contributed by atoms with E-state index in [4.69, 9.17) is 5.11 Å². The van der Waals surface area contributed by atoms with Crippen molar-refractivity contribution in [3.05, 3.63) is 29.8 Å². The topological polar surface area (TPSA) is 32.3 Å². The molecule has 0 heterocycles. The monoisotopic (exact) mass is 291 g/mol. The van der Waals surface area contributed by atoms with Crippen LogP contribution in [0.3, 0.4) is 0 Å². The molecule has 2 N–H and O–H groups in total. The quantitative estimate of drug-likeness (QED) is 0.496. The van der Waals surface area contributed by atoms with Crippen LogP contribution >= 0.6 is 22.9 Å². The number of hydrogen-bond donors (Lipinski definition) is 2. The molecule has 0 radical (unpaired) electrons. The minimum atomic E-state index is 0.345. The normalized spacial score (nSPS) is 10.2. The second kappa shape index (κ2) is 6.21. The second-order valence-corrected chi connectivity index (χ2v) is 3.77. The van der Waals surface area contributed by atoms with Gasteiger partial charge in [-0.3, -0.25) is 3.53 Å². The summed E-state index contributed by atoms with van der Waals surface area (Å²) in [4.78, 5) is 0. The van der Waals surface area contributed by atoms with Crippen molar-refractivity contribution in [2.45, 2.75) is 19.3 Å². The lowest BCUT2D eigenvalue weighted by Crippen LogP contribution is -1.99. The lowest BCUT2D eigenvalue weighted by Gasteiger charge is -2.00. The standard InChI is InChI=1S/C10H14INO/c11-12-8-2-1-3-9-4-6-10(13)7-5-9/h4-7,12-13H,1-3,8H2. The Kier molecular flexibility index (Phi) is 5.15. The fourth-order valence-corrected chi connectivity index (χ4v) is 1.56. The van der Waals surface area contributed by atoms with Crippen LogP contribution in [0.5, 0.6) is 5.75 Å². The maximum absolute atomic E-state index is 9.06. The molecule has 2 nitrogen and oxygen atoms in total. The number of aryl methyl sites for hydroxylation is 1. The summed E-state index contributed by atoms with van der Waals surface area (Å²) in [5, 5.41) is 9.06. The number of aromatic hydroxyl groups is 1. The summed E-state index contributed by atoms with van der Waals surface area (Å²) in [5.41, 5.74) is 1.30. The summed E-state index contributed by atoms with van der Waals surface area (Å²) in [6.07, 6.45) is 3.49. The molecule has 0 aromatic heterocycles. The SMILES string of the molecule is Oc1ccc(CCCCNI)cc1. The molecule has 1 aromatic rings. The summed E-state index contributed by atoms with van der Waals surface area (Å²) in [6.45, 7) is 1.07. The molecule has 3 heteroatoms. The van der Waals surface area contributed by atoms with Crippen LogP contribution in [0.15, 0.2) is 24.3 Å². The summed E-state index contributed by atoms with van der Waals surface area (Å²) in [7, 11) is 0. The van der Waals surface area contributed by atoms with Gasteiger partial charge in [-0.1, -0.05) is 12.1 Å². The van der Waals surface area contributed by atoms with Gasteiger partial charge >= 0.3 is 0 Å². The first-order valence-electron chi connectivity index (χ1n) is 4.44. The third-order valence-corrected chi connectivity index (χ3v) is 2.46. The molecule has 0 atom stereocenters. The molecule has 0 bridgehead atoms. The van der Waals surface area contributed by atoms with E-state index in [9.17, 15) is 0 Å². The minimum Gasteiger partial charge on any atom is -0.508 e. The van der Waals surface area contributed by atoms with Crippen LogP contribution in [0, 0.1) is 0 Å². The van der Waals surface area contributed by atoms with Crippen molar-refractivity contribution in [1.82, 2.24) is 3.53 Å². The van der Waals surface area contributed by atoms with E-state index >= 15 is 0 Å². The predicted octanol–water partition coefficient (Wildman–Crippen LogP) is 2.65. The first-order valence-corrected chi connectivity index (χ1v) is 5.52. The van der Waals surface area contributed by atoms with Gasteiger partial charge in [-0.25, -0.2) is 0 Å². The number of unbranched alkanes of at least 4 members (excludes halogenated alkanes) is 1. The second-order valence-electron chi connectivity index (χ2n) is 3.01. The van der Waals surface area contributed by atoms with Crippen LogP contribution < -0.4 is 3.53 Å². The van der Waals surface area contributed by atoms with Crippen LogP contribution in [0.4, 0.5) is 0 Å². The average Bonchev–Trinajstić information content (AvgIpc) is 2.15. The molecule has 0 aliphatic carbocycles. The first-order chi connectivity index (χ1) is 6.33. The van der Waals surface area contributed by atoms with Gasteiger partial charge in [0, 0.05) is 29.4 Å². The Morgan fingerprint density at radius 2 is 1.85 bits per heavy atom. The highest BCUT2D eigenvalue weighted by molar-refractivity contribution is 14.1. The van der Waals surface area contributed by atoms with E-state index < -0.39 is 0 Å². The predicted molar refractivity (Wildman–Crippen MR) is 63.1 cm³/mol. The van der Waals surface area contributed by atoms with E-state index in [1.54, 1.807) is 12.1 Å².